The average molecular weight is 496 g/mol. The molecule has 1 heterocycles. The van der Waals surface area contributed by atoms with Gasteiger partial charge in [0.05, 0.1) is 11.8 Å². The summed E-state index contributed by atoms with van der Waals surface area (Å²) in [5.41, 5.74) is 1.18. The fraction of sp³-hybridized carbons (Fsp3) is 0.194. The van der Waals surface area contributed by atoms with Gasteiger partial charge in [-0.3, -0.25) is 9.63 Å². The second kappa shape index (κ2) is 10.7. The lowest BCUT2D eigenvalue weighted by atomic mass is 9.98. The molecule has 1 aliphatic rings. The van der Waals surface area contributed by atoms with E-state index in [1.807, 2.05) is 121 Å². The lowest BCUT2D eigenvalue weighted by molar-refractivity contribution is 0.0746. The summed E-state index contributed by atoms with van der Waals surface area (Å²) in [5, 5.41) is 3.37. The first-order valence-corrected chi connectivity index (χ1v) is 14.2. The molecule has 0 aliphatic carbocycles. The summed E-state index contributed by atoms with van der Waals surface area (Å²) in [6, 6.07) is 38.0. The smallest absolute Gasteiger partial charge is 0.187 e. The molecule has 1 aliphatic heterocycles. The summed E-state index contributed by atoms with van der Waals surface area (Å²) >= 11 is 0. The van der Waals surface area contributed by atoms with Crippen LogP contribution in [0.3, 0.4) is 0 Å². The van der Waals surface area contributed by atoms with Crippen LogP contribution in [-0.4, -0.2) is 23.6 Å². The van der Waals surface area contributed by atoms with Crippen molar-refractivity contribution in [2.45, 2.75) is 37.6 Å². The van der Waals surface area contributed by atoms with Crippen LogP contribution in [0.4, 0.5) is 5.69 Å². The van der Waals surface area contributed by atoms with Crippen LogP contribution >= 0.6 is 7.14 Å². The zero-order valence-corrected chi connectivity index (χ0v) is 21.2. The third-order valence-electron chi connectivity index (χ3n) is 6.95. The number of nitrogens with zero attached hydrogens (tertiary/aromatic N) is 1. The third kappa shape index (κ3) is 4.55. The van der Waals surface area contributed by atoms with E-state index in [0.717, 1.165) is 16.3 Å². The Labute approximate surface area is 212 Å². The summed E-state index contributed by atoms with van der Waals surface area (Å²) in [6.07, 6.45) is 0.727. The molecule has 0 saturated carbocycles. The molecule has 3 atom stereocenters. The molecule has 5 heteroatoms. The zero-order valence-electron chi connectivity index (χ0n) is 20.3. The molecular weight excluding hydrogens is 465 g/mol. The van der Waals surface area contributed by atoms with Gasteiger partial charge >= 0.3 is 0 Å². The van der Waals surface area contributed by atoms with Gasteiger partial charge in [-0.1, -0.05) is 116 Å². The number of carbonyl (C=O) groups is 1. The molecule has 5 rings (SSSR count). The SMILES string of the molecule is CCC(C1CC(C(=O)c2ccccc2)N(c2ccccc2)O1)P(=O)(c1ccccc1)c1ccccc1. The fourth-order valence-electron chi connectivity index (χ4n) is 5.21. The first-order valence-electron chi connectivity index (χ1n) is 12.4. The number of carbonyl (C=O) groups excluding carboxylic acids is 1. The highest BCUT2D eigenvalue weighted by molar-refractivity contribution is 7.79. The largest absolute Gasteiger partial charge is 0.313 e. The summed E-state index contributed by atoms with van der Waals surface area (Å²) in [6.45, 7) is 2.06. The number of hydroxylamine groups is 1. The predicted molar refractivity (Wildman–Crippen MR) is 147 cm³/mol. The average Bonchev–Trinajstić information content (AvgIpc) is 3.39. The van der Waals surface area contributed by atoms with Crippen LogP contribution in [0.2, 0.25) is 0 Å². The van der Waals surface area contributed by atoms with Gasteiger partial charge < -0.3 is 4.57 Å². The minimum Gasteiger partial charge on any atom is -0.313 e. The van der Waals surface area contributed by atoms with E-state index in [1.54, 1.807) is 5.06 Å². The van der Waals surface area contributed by atoms with Gasteiger partial charge in [0.2, 0.25) is 0 Å². The van der Waals surface area contributed by atoms with Crippen molar-refractivity contribution >= 4 is 29.2 Å². The molecule has 4 aromatic rings. The van der Waals surface area contributed by atoms with E-state index < -0.39 is 13.2 Å². The van der Waals surface area contributed by atoms with Gasteiger partial charge in [-0.15, -0.1) is 0 Å². The lowest BCUT2D eigenvalue weighted by Gasteiger charge is -2.32. The topological polar surface area (TPSA) is 46.6 Å². The Morgan fingerprint density at radius 3 is 1.78 bits per heavy atom. The number of ketones is 1. The second-order valence-corrected chi connectivity index (χ2v) is 12.1. The summed E-state index contributed by atoms with van der Waals surface area (Å²) < 4.78 is 15.1. The van der Waals surface area contributed by atoms with Crippen molar-refractivity contribution in [3.63, 3.8) is 0 Å². The molecule has 1 saturated heterocycles. The second-order valence-electron chi connectivity index (χ2n) is 9.09. The molecule has 0 spiro atoms. The lowest BCUT2D eigenvalue weighted by Crippen LogP contribution is -2.35. The fourth-order valence-corrected chi connectivity index (χ4v) is 8.67. The van der Waals surface area contributed by atoms with Crippen molar-refractivity contribution in [3.05, 3.63) is 127 Å². The number of rotatable bonds is 8. The van der Waals surface area contributed by atoms with E-state index in [4.69, 9.17) is 4.84 Å². The van der Waals surface area contributed by atoms with Gasteiger partial charge in [0.15, 0.2) is 5.78 Å². The van der Waals surface area contributed by atoms with Crippen LogP contribution < -0.4 is 15.7 Å². The monoisotopic (exact) mass is 495 g/mol. The van der Waals surface area contributed by atoms with Gasteiger partial charge in [0, 0.05) is 28.3 Å². The highest BCUT2D eigenvalue weighted by Gasteiger charge is 2.48. The van der Waals surface area contributed by atoms with Crippen LogP contribution in [0, 0.1) is 0 Å². The van der Waals surface area contributed by atoms with E-state index >= 15 is 4.57 Å². The number of hydrogen-bond donors (Lipinski definition) is 0. The molecule has 36 heavy (non-hydrogen) atoms. The van der Waals surface area contributed by atoms with Crippen molar-refractivity contribution in [3.8, 4) is 0 Å². The molecule has 0 N–H and O–H groups in total. The Morgan fingerprint density at radius 1 is 0.806 bits per heavy atom. The van der Waals surface area contributed by atoms with Crippen molar-refractivity contribution in [2.24, 2.45) is 0 Å². The van der Waals surface area contributed by atoms with E-state index in [0.29, 0.717) is 18.4 Å². The van der Waals surface area contributed by atoms with Gasteiger partial charge in [-0.25, -0.2) is 5.06 Å². The Hall–Kier alpha value is -3.46. The van der Waals surface area contributed by atoms with Crippen molar-refractivity contribution in [1.82, 2.24) is 0 Å². The van der Waals surface area contributed by atoms with E-state index in [2.05, 4.69) is 6.92 Å². The van der Waals surface area contributed by atoms with Crippen LogP contribution in [0.1, 0.15) is 30.1 Å². The maximum atomic E-state index is 15.1. The Kier molecular flexibility index (Phi) is 7.18. The molecule has 182 valence electrons. The molecule has 0 radical (unpaired) electrons. The number of hydrogen-bond acceptors (Lipinski definition) is 4. The Morgan fingerprint density at radius 2 is 1.28 bits per heavy atom. The first-order chi connectivity index (χ1) is 17.6. The maximum Gasteiger partial charge on any atom is 0.187 e. The summed E-state index contributed by atoms with van der Waals surface area (Å²) in [7, 11) is -3.09. The van der Waals surface area contributed by atoms with Crippen LogP contribution in [-0.2, 0) is 9.40 Å². The van der Waals surface area contributed by atoms with E-state index in [9.17, 15) is 4.79 Å². The van der Waals surface area contributed by atoms with Gasteiger partial charge in [-0.2, -0.15) is 0 Å². The zero-order chi connectivity index (χ0) is 25.0. The van der Waals surface area contributed by atoms with Crippen molar-refractivity contribution < 1.29 is 14.2 Å². The molecule has 0 aromatic heterocycles. The first kappa shape index (κ1) is 24.2. The summed E-state index contributed by atoms with van der Waals surface area (Å²) in [4.78, 5) is 20.3. The van der Waals surface area contributed by atoms with E-state index in [-0.39, 0.29) is 17.5 Å². The standard InChI is InChI=1S/C31H30NO3P/c1-2-30(36(34,26-19-11-5-12-20-26)27-21-13-6-14-22-27)29-23-28(31(33)24-15-7-3-8-16-24)32(35-29)25-17-9-4-10-18-25/h3-22,28-30H,2,23H2,1H3. The van der Waals surface area contributed by atoms with Crippen LogP contribution in [0.15, 0.2) is 121 Å². The van der Waals surface area contributed by atoms with Gasteiger partial charge in [-0.05, 0) is 18.6 Å². The third-order valence-corrected chi connectivity index (χ3v) is 10.7. The van der Waals surface area contributed by atoms with E-state index in [1.165, 1.54) is 0 Å². The van der Waals surface area contributed by atoms with Gasteiger partial charge in [0.1, 0.15) is 13.2 Å². The minimum absolute atomic E-state index is 0.00561. The minimum atomic E-state index is -3.09. The number of benzene rings is 4. The van der Waals surface area contributed by atoms with Crippen LogP contribution in [0.25, 0.3) is 0 Å². The normalized spacial score (nSPS) is 18.6. The maximum absolute atomic E-state index is 15.1. The predicted octanol–water partition coefficient (Wildman–Crippen LogP) is 6.24. The number of anilines is 1. The highest BCUT2D eigenvalue weighted by Crippen LogP contribution is 2.54. The molecule has 0 amide bonds. The molecule has 4 aromatic carbocycles. The van der Waals surface area contributed by atoms with Crippen molar-refractivity contribution in [2.75, 3.05) is 5.06 Å². The molecule has 4 nitrogen and oxygen atoms in total. The molecule has 3 unspecified atom stereocenters. The number of para-hydroxylation sites is 1. The highest BCUT2D eigenvalue weighted by atomic mass is 31.2. The van der Waals surface area contributed by atoms with Crippen molar-refractivity contribution in [1.29, 1.82) is 0 Å². The van der Waals surface area contributed by atoms with Gasteiger partial charge in [0.25, 0.3) is 0 Å². The molecular formula is C31H30NO3P. The number of Topliss-reactive ketones (excluding diaryl/α,β-unsaturated/α-hetero) is 1. The molecule has 0 bridgehead atoms. The Bertz CT molecular complexity index is 1290. The molecule has 1 fully saturated rings. The summed E-state index contributed by atoms with van der Waals surface area (Å²) in [5.74, 6) is 0.00561. The van der Waals surface area contributed by atoms with Crippen LogP contribution in [0.5, 0.6) is 0 Å². The Balaban J connectivity index is 1.57. The quantitative estimate of drug-likeness (QED) is 0.214.